The number of aromatic nitrogens is 3. The Morgan fingerprint density at radius 1 is 0.720 bits per heavy atom. The highest BCUT2D eigenvalue weighted by Gasteiger charge is 2.19. The molecular weight excluding hydrogens is 310 g/mol. The third-order valence-corrected chi connectivity index (χ3v) is 4.55. The Kier molecular flexibility index (Phi) is 4.39. The summed E-state index contributed by atoms with van der Waals surface area (Å²) in [6, 6.07) is 16.0. The van der Waals surface area contributed by atoms with Crippen LogP contribution in [-0.4, -0.2) is 53.1 Å². The van der Waals surface area contributed by atoms with Crippen LogP contribution in [0.25, 0.3) is 22.8 Å². The number of anilines is 1. The Hall–Kier alpha value is -2.79. The van der Waals surface area contributed by atoms with Gasteiger partial charge in [0, 0.05) is 38.6 Å². The van der Waals surface area contributed by atoms with Gasteiger partial charge in [0.15, 0.2) is 0 Å². The fourth-order valence-electron chi connectivity index (χ4n) is 3.12. The van der Waals surface area contributed by atoms with Gasteiger partial charge in [-0.1, -0.05) is 12.1 Å². The molecule has 1 aliphatic heterocycles. The molecule has 0 unspecified atom stereocenters. The highest BCUT2D eigenvalue weighted by Crippen LogP contribution is 2.29. The SMILES string of the molecule is CN1CCN(c2cccnc2-c2cccc(-c3ccccn3)n2)CC1. The van der Waals surface area contributed by atoms with Gasteiger partial charge in [-0.3, -0.25) is 9.97 Å². The van der Waals surface area contributed by atoms with Crippen LogP contribution in [0.1, 0.15) is 0 Å². The quantitative estimate of drug-likeness (QED) is 0.738. The monoisotopic (exact) mass is 331 g/mol. The van der Waals surface area contributed by atoms with Crippen molar-refractivity contribution in [2.24, 2.45) is 0 Å². The zero-order chi connectivity index (χ0) is 17.1. The van der Waals surface area contributed by atoms with E-state index in [0.717, 1.165) is 54.6 Å². The topological polar surface area (TPSA) is 45.2 Å². The minimum Gasteiger partial charge on any atom is -0.367 e. The van der Waals surface area contributed by atoms with Crippen molar-refractivity contribution in [1.29, 1.82) is 0 Å². The van der Waals surface area contributed by atoms with E-state index in [1.807, 2.05) is 48.7 Å². The van der Waals surface area contributed by atoms with E-state index in [4.69, 9.17) is 4.98 Å². The summed E-state index contributed by atoms with van der Waals surface area (Å²) < 4.78 is 0. The van der Waals surface area contributed by atoms with E-state index in [9.17, 15) is 0 Å². The van der Waals surface area contributed by atoms with Crippen LogP contribution >= 0.6 is 0 Å². The Morgan fingerprint density at radius 3 is 2.28 bits per heavy atom. The molecule has 0 spiro atoms. The average molecular weight is 331 g/mol. The molecule has 0 aromatic carbocycles. The second-order valence-electron chi connectivity index (χ2n) is 6.28. The van der Waals surface area contributed by atoms with Crippen LogP contribution in [0.15, 0.2) is 60.9 Å². The molecule has 0 aliphatic carbocycles. The minimum atomic E-state index is 0.869. The van der Waals surface area contributed by atoms with E-state index >= 15 is 0 Å². The highest BCUT2D eigenvalue weighted by atomic mass is 15.3. The average Bonchev–Trinajstić information content (AvgIpc) is 2.69. The summed E-state index contributed by atoms with van der Waals surface area (Å²) in [5.74, 6) is 0. The first-order chi connectivity index (χ1) is 12.3. The second kappa shape index (κ2) is 6.99. The van der Waals surface area contributed by atoms with Crippen molar-refractivity contribution in [2.45, 2.75) is 0 Å². The fourth-order valence-corrected chi connectivity index (χ4v) is 3.12. The van der Waals surface area contributed by atoms with Crippen molar-refractivity contribution in [3.05, 3.63) is 60.9 Å². The highest BCUT2D eigenvalue weighted by molar-refractivity contribution is 5.74. The number of hydrogen-bond acceptors (Lipinski definition) is 5. The molecular formula is C20H21N5. The van der Waals surface area contributed by atoms with Gasteiger partial charge >= 0.3 is 0 Å². The van der Waals surface area contributed by atoms with E-state index in [0.29, 0.717) is 0 Å². The lowest BCUT2D eigenvalue weighted by atomic mass is 10.1. The number of rotatable bonds is 3. The van der Waals surface area contributed by atoms with E-state index in [1.165, 1.54) is 0 Å². The third-order valence-electron chi connectivity index (χ3n) is 4.55. The molecule has 4 rings (SSSR count). The van der Waals surface area contributed by atoms with Crippen LogP contribution in [0.2, 0.25) is 0 Å². The zero-order valence-electron chi connectivity index (χ0n) is 14.3. The normalized spacial score (nSPS) is 15.3. The first-order valence-corrected chi connectivity index (χ1v) is 8.58. The number of piperazine rings is 1. The van der Waals surface area contributed by atoms with Gasteiger partial charge in [0.05, 0.1) is 22.8 Å². The van der Waals surface area contributed by atoms with E-state index in [2.05, 4.69) is 32.9 Å². The van der Waals surface area contributed by atoms with Crippen molar-refractivity contribution in [1.82, 2.24) is 19.9 Å². The van der Waals surface area contributed by atoms with Crippen LogP contribution in [-0.2, 0) is 0 Å². The molecule has 3 aromatic rings. The van der Waals surface area contributed by atoms with Gasteiger partial charge in [-0.15, -0.1) is 0 Å². The van der Waals surface area contributed by atoms with Crippen LogP contribution in [0.5, 0.6) is 0 Å². The maximum atomic E-state index is 4.82. The molecule has 25 heavy (non-hydrogen) atoms. The maximum Gasteiger partial charge on any atom is 0.112 e. The predicted molar refractivity (Wildman–Crippen MR) is 100 cm³/mol. The molecule has 0 amide bonds. The molecule has 0 atom stereocenters. The van der Waals surface area contributed by atoms with Gasteiger partial charge in [-0.2, -0.15) is 0 Å². The van der Waals surface area contributed by atoms with Gasteiger partial charge in [-0.25, -0.2) is 4.98 Å². The molecule has 5 nitrogen and oxygen atoms in total. The Morgan fingerprint density at radius 2 is 1.48 bits per heavy atom. The summed E-state index contributed by atoms with van der Waals surface area (Å²) in [5.41, 5.74) is 4.72. The summed E-state index contributed by atoms with van der Waals surface area (Å²) in [6.45, 7) is 4.15. The van der Waals surface area contributed by atoms with Crippen LogP contribution in [0.4, 0.5) is 5.69 Å². The predicted octanol–water partition coefficient (Wildman–Crippen LogP) is 2.96. The third kappa shape index (κ3) is 3.37. The lowest BCUT2D eigenvalue weighted by molar-refractivity contribution is 0.313. The number of nitrogens with zero attached hydrogens (tertiary/aromatic N) is 5. The molecule has 4 heterocycles. The summed E-state index contributed by atoms with van der Waals surface area (Å²) in [5, 5.41) is 0. The molecule has 0 bridgehead atoms. The van der Waals surface area contributed by atoms with Crippen molar-refractivity contribution in [3.63, 3.8) is 0 Å². The molecule has 0 N–H and O–H groups in total. The number of hydrogen-bond donors (Lipinski definition) is 0. The van der Waals surface area contributed by atoms with Gasteiger partial charge in [0.1, 0.15) is 5.69 Å². The minimum absolute atomic E-state index is 0.869. The van der Waals surface area contributed by atoms with Crippen molar-refractivity contribution < 1.29 is 0 Å². The molecule has 3 aromatic heterocycles. The van der Waals surface area contributed by atoms with Gasteiger partial charge in [-0.05, 0) is 43.4 Å². The summed E-state index contributed by atoms with van der Waals surface area (Å²) in [6.07, 6.45) is 3.63. The smallest absolute Gasteiger partial charge is 0.112 e. The lowest BCUT2D eigenvalue weighted by Gasteiger charge is -2.34. The van der Waals surface area contributed by atoms with Crippen LogP contribution in [0, 0.1) is 0 Å². The first-order valence-electron chi connectivity index (χ1n) is 8.58. The van der Waals surface area contributed by atoms with E-state index < -0.39 is 0 Å². The molecule has 5 heteroatoms. The Labute approximate surface area is 148 Å². The van der Waals surface area contributed by atoms with Crippen LogP contribution < -0.4 is 4.90 Å². The second-order valence-corrected chi connectivity index (χ2v) is 6.28. The fraction of sp³-hybridized carbons (Fsp3) is 0.250. The van der Waals surface area contributed by atoms with Crippen molar-refractivity contribution >= 4 is 5.69 Å². The van der Waals surface area contributed by atoms with Gasteiger partial charge in [0.2, 0.25) is 0 Å². The lowest BCUT2D eigenvalue weighted by Crippen LogP contribution is -2.44. The van der Waals surface area contributed by atoms with E-state index in [-0.39, 0.29) is 0 Å². The van der Waals surface area contributed by atoms with Gasteiger partial charge in [0.25, 0.3) is 0 Å². The van der Waals surface area contributed by atoms with Crippen molar-refractivity contribution in [2.75, 3.05) is 38.1 Å². The zero-order valence-corrected chi connectivity index (χ0v) is 14.3. The molecule has 0 radical (unpaired) electrons. The number of pyridine rings is 3. The number of likely N-dealkylation sites (N-methyl/N-ethyl adjacent to an activating group) is 1. The van der Waals surface area contributed by atoms with Gasteiger partial charge < -0.3 is 9.80 Å². The first kappa shape index (κ1) is 15.7. The standard InChI is InChI=1S/C20H21N5/c1-24-12-14-25(15-13-24)19-9-5-11-22-20(19)18-8-4-7-17(23-18)16-6-2-3-10-21-16/h2-11H,12-15H2,1H3. The maximum absolute atomic E-state index is 4.82. The summed E-state index contributed by atoms with van der Waals surface area (Å²) in [4.78, 5) is 18.6. The Bertz CT molecular complexity index is 841. The summed E-state index contributed by atoms with van der Waals surface area (Å²) in [7, 11) is 2.17. The summed E-state index contributed by atoms with van der Waals surface area (Å²) >= 11 is 0. The molecule has 126 valence electrons. The van der Waals surface area contributed by atoms with E-state index in [1.54, 1.807) is 6.20 Å². The molecule has 1 fully saturated rings. The molecule has 0 saturated carbocycles. The largest absolute Gasteiger partial charge is 0.367 e. The molecule has 1 saturated heterocycles. The Balaban J connectivity index is 1.71. The molecule has 1 aliphatic rings. The van der Waals surface area contributed by atoms with Crippen LogP contribution in [0.3, 0.4) is 0 Å². The van der Waals surface area contributed by atoms with Crippen molar-refractivity contribution in [3.8, 4) is 22.8 Å².